The minimum Gasteiger partial charge on any atom is -0.367 e. The Labute approximate surface area is 154 Å². The lowest BCUT2D eigenvalue weighted by Crippen LogP contribution is -2.18. The molecular weight excluding hydrogens is 338 g/mol. The molecule has 1 aliphatic carbocycles. The second-order valence-corrected chi connectivity index (χ2v) is 6.58. The number of halogens is 1. The van der Waals surface area contributed by atoms with Gasteiger partial charge in [0.1, 0.15) is 17.5 Å². The smallest absolute Gasteiger partial charge is 0.261 e. The molecule has 0 amide bonds. The maximum atomic E-state index is 12.8. The summed E-state index contributed by atoms with van der Waals surface area (Å²) in [5, 5.41) is 7.78. The van der Waals surface area contributed by atoms with Crippen molar-refractivity contribution in [1.29, 1.82) is 0 Å². The monoisotopic (exact) mass is 358 g/mol. The zero-order chi connectivity index (χ0) is 20.1. The molecule has 1 aliphatic rings. The normalized spacial score (nSPS) is 16.2. The van der Waals surface area contributed by atoms with Gasteiger partial charge in [-0.3, -0.25) is 4.79 Å². The van der Waals surface area contributed by atoms with Crippen LogP contribution in [0.3, 0.4) is 0 Å². The van der Waals surface area contributed by atoms with E-state index in [9.17, 15) is 4.79 Å². The molecule has 3 aromatic rings. The molecule has 0 saturated heterocycles. The second-order valence-electron chi connectivity index (χ2n) is 6.17. The predicted octanol–water partition coefficient (Wildman–Crippen LogP) is 3.61. The molecule has 3 heterocycles. The van der Waals surface area contributed by atoms with Gasteiger partial charge in [-0.05, 0) is 48.9 Å². The minimum absolute atomic E-state index is 0.239. The Morgan fingerprint density at radius 3 is 2.92 bits per heavy atom. The first-order valence-corrected chi connectivity index (χ1v) is 8.33. The van der Waals surface area contributed by atoms with Crippen molar-refractivity contribution in [1.82, 2.24) is 14.5 Å². The first kappa shape index (κ1) is 12.7. The van der Waals surface area contributed by atoms with E-state index in [4.69, 9.17) is 15.7 Å². The summed E-state index contributed by atoms with van der Waals surface area (Å²) in [6.07, 6.45) is 4.81. The molecule has 1 saturated carbocycles. The molecule has 1 fully saturated rings. The average molecular weight is 359 g/mol. The Hall–Kier alpha value is -2.60. The number of rotatable bonds is 4. The number of aromatic nitrogens is 3. The van der Waals surface area contributed by atoms with Gasteiger partial charge in [0.25, 0.3) is 5.56 Å². The van der Waals surface area contributed by atoms with E-state index in [0.29, 0.717) is 27.9 Å². The van der Waals surface area contributed by atoms with E-state index in [1.807, 2.05) is 6.92 Å². The quantitative estimate of drug-likeness (QED) is 0.745. The van der Waals surface area contributed by atoms with Gasteiger partial charge in [-0.15, -0.1) is 0 Å². The summed E-state index contributed by atoms with van der Waals surface area (Å²) in [6, 6.07) is 5.34. The number of anilines is 3. The molecule has 0 spiro atoms. The SMILES string of the molecule is [2H]C([2H])([2H])n1ccc2cc(Nc3cc(C)c(Cl)cn3)nc(NC3CC3)c2c1=O. The Bertz CT molecular complexity index is 1120. The molecule has 0 aliphatic heterocycles. The van der Waals surface area contributed by atoms with Crippen LogP contribution in [0.5, 0.6) is 0 Å². The highest BCUT2D eigenvalue weighted by Crippen LogP contribution is 2.29. The van der Waals surface area contributed by atoms with Crippen LogP contribution in [0, 0.1) is 6.92 Å². The van der Waals surface area contributed by atoms with Crippen LogP contribution in [0.2, 0.25) is 5.02 Å². The van der Waals surface area contributed by atoms with E-state index in [0.717, 1.165) is 23.0 Å². The molecule has 7 heteroatoms. The Morgan fingerprint density at radius 2 is 2.20 bits per heavy atom. The van der Waals surface area contributed by atoms with Gasteiger partial charge in [0.05, 0.1) is 10.4 Å². The van der Waals surface area contributed by atoms with Crippen LogP contribution in [0.15, 0.2) is 35.4 Å². The average Bonchev–Trinajstić information content (AvgIpc) is 3.41. The van der Waals surface area contributed by atoms with Crippen LogP contribution >= 0.6 is 11.6 Å². The molecule has 2 N–H and O–H groups in total. The Kier molecular flexibility index (Phi) is 3.07. The fourth-order valence-electron chi connectivity index (χ4n) is 2.59. The number of fused-ring (bicyclic) bond motifs is 1. The van der Waals surface area contributed by atoms with Gasteiger partial charge < -0.3 is 15.2 Å². The Balaban J connectivity index is 1.82. The fraction of sp³-hybridized carbons (Fsp3) is 0.278. The fourth-order valence-corrected chi connectivity index (χ4v) is 2.70. The second kappa shape index (κ2) is 6.04. The summed E-state index contributed by atoms with van der Waals surface area (Å²) in [5.74, 6) is 1.44. The summed E-state index contributed by atoms with van der Waals surface area (Å²) in [5.41, 5.74) is 0.275. The molecule has 4 rings (SSSR count). The van der Waals surface area contributed by atoms with Crippen LogP contribution < -0.4 is 16.2 Å². The number of nitrogens with zero attached hydrogens (tertiary/aromatic N) is 3. The molecule has 3 aromatic heterocycles. The van der Waals surface area contributed by atoms with Gasteiger partial charge in [-0.1, -0.05) is 11.6 Å². The van der Waals surface area contributed by atoms with Crippen LogP contribution in [-0.2, 0) is 6.98 Å². The van der Waals surface area contributed by atoms with Crippen LogP contribution in [0.4, 0.5) is 17.5 Å². The third kappa shape index (κ3) is 3.17. The Morgan fingerprint density at radius 1 is 1.36 bits per heavy atom. The van der Waals surface area contributed by atoms with Gasteiger partial charge in [0.2, 0.25) is 0 Å². The highest BCUT2D eigenvalue weighted by atomic mass is 35.5. The largest absolute Gasteiger partial charge is 0.367 e. The highest BCUT2D eigenvalue weighted by Gasteiger charge is 2.23. The zero-order valence-corrected chi connectivity index (χ0v) is 14.3. The van der Waals surface area contributed by atoms with Crippen molar-refractivity contribution in [3.63, 3.8) is 0 Å². The zero-order valence-electron chi connectivity index (χ0n) is 16.5. The topological polar surface area (TPSA) is 71.8 Å². The van der Waals surface area contributed by atoms with Crippen molar-refractivity contribution in [2.75, 3.05) is 10.6 Å². The first-order valence-electron chi connectivity index (χ1n) is 9.45. The van der Waals surface area contributed by atoms with Crippen molar-refractivity contribution in [3.8, 4) is 0 Å². The number of nitrogens with one attached hydrogen (secondary N) is 2. The van der Waals surface area contributed by atoms with E-state index in [2.05, 4.69) is 20.6 Å². The molecular formula is C18H18ClN5O. The molecule has 0 aromatic carbocycles. The first-order chi connectivity index (χ1) is 13.2. The van der Waals surface area contributed by atoms with Crippen molar-refractivity contribution < 1.29 is 4.11 Å². The summed E-state index contributed by atoms with van der Waals surface area (Å²) in [4.78, 5) is 21.6. The van der Waals surface area contributed by atoms with Gasteiger partial charge in [-0.25, -0.2) is 9.97 Å². The van der Waals surface area contributed by atoms with Crippen molar-refractivity contribution in [2.45, 2.75) is 25.8 Å². The van der Waals surface area contributed by atoms with Crippen molar-refractivity contribution in [2.24, 2.45) is 6.98 Å². The van der Waals surface area contributed by atoms with E-state index >= 15 is 0 Å². The van der Waals surface area contributed by atoms with Gasteiger partial charge in [0.15, 0.2) is 0 Å². The molecule has 6 nitrogen and oxygen atoms in total. The van der Waals surface area contributed by atoms with E-state index in [1.165, 1.54) is 6.20 Å². The third-order valence-corrected chi connectivity index (χ3v) is 4.50. The third-order valence-electron chi connectivity index (χ3n) is 4.11. The molecule has 0 unspecified atom stereocenters. The molecule has 25 heavy (non-hydrogen) atoms. The number of hydrogen-bond acceptors (Lipinski definition) is 5. The van der Waals surface area contributed by atoms with E-state index in [1.54, 1.807) is 24.4 Å². The standard InChI is InChI=1S/C18H18ClN5O/c1-10-7-14(20-9-13(10)19)22-15-8-11-5-6-24(2)18(25)16(11)17(23-15)21-12-3-4-12/h5-9,12H,3-4H2,1-2H3,(H2,20,21,22,23)/i2D3. The van der Waals surface area contributed by atoms with E-state index in [-0.39, 0.29) is 11.4 Å². The molecule has 128 valence electrons. The maximum absolute atomic E-state index is 12.8. The maximum Gasteiger partial charge on any atom is 0.261 e. The van der Waals surface area contributed by atoms with Gasteiger partial charge in [-0.2, -0.15) is 0 Å². The van der Waals surface area contributed by atoms with E-state index < -0.39 is 12.5 Å². The summed E-state index contributed by atoms with van der Waals surface area (Å²) >= 11 is 6.02. The summed E-state index contributed by atoms with van der Waals surface area (Å²) in [7, 11) is 0. The highest BCUT2D eigenvalue weighted by molar-refractivity contribution is 6.31. The summed E-state index contributed by atoms with van der Waals surface area (Å²) in [6.45, 7) is -0.676. The number of pyridine rings is 3. The van der Waals surface area contributed by atoms with Crippen LogP contribution in [0.1, 0.15) is 22.5 Å². The number of aryl methyl sites for hydroxylation is 2. The van der Waals surface area contributed by atoms with Crippen LogP contribution in [-0.4, -0.2) is 20.6 Å². The predicted molar refractivity (Wildman–Crippen MR) is 101 cm³/mol. The minimum atomic E-state index is -2.55. The lowest BCUT2D eigenvalue weighted by atomic mass is 10.2. The molecule has 0 bridgehead atoms. The molecule has 0 atom stereocenters. The van der Waals surface area contributed by atoms with Gasteiger partial charge in [0, 0.05) is 29.5 Å². The lowest BCUT2D eigenvalue weighted by Gasteiger charge is -2.13. The number of hydrogen-bond donors (Lipinski definition) is 2. The summed E-state index contributed by atoms with van der Waals surface area (Å²) < 4.78 is 23.5. The molecule has 0 radical (unpaired) electrons. The van der Waals surface area contributed by atoms with Crippen molar-refractivity contribution in [3.05, 3.63) is 51.5 Å². The van der Waals surface area contributed by atoms with Crippen molar-refractivity contribution >= 4 is 39.8 Å². The lowest BCUT2D eigenvalue weighted by molar-refractivity contribution is 0.872. The van der Waals surface area contributed by atoms with Crippen LogP contribution in [0.25, 0.3) is 10.8 Å². The van der Waals surface area contributed by atoms with Gasteiger partial charge >= 0.3 is 0 Å².